The van der Waals surface area contributed by atoms with Crippen LogP contribution in [-0.2, 0) is 16.0 Å². The molecule has 3 aromatic rings. The number of aromatic nitrogens is 2. The van der Waals surface area contributed by atoms with Crippen molar-refractivity contribution < 1.29 is 18.7 Å². The van der Waals surface area contributed by atoms with Crippen LogP contribution in [0.1, 0.15) is 22.8 Å². The summed E-state index contributed by atoms with van der Waals surface area (Å²) in [6, 6.07) is 14.0. The second kappa shape index (κ2) is 9.49. The van der Waals surface area contributed by atoms with E-state index in [1.165, 1.54) is 30.3 Å². The van der Waals surface area contributed by atoms with Gasteiger partial charge in [-0.2, -0.15) is 15.2 Å². The van der Waals surface area contributed by atoms with Crippen LogP contribution in [0.25, 0.3) is 11.1 Å². The maximum Gasteiger partial charge on any atom is 0.341 e. The number of carbonyl (C=O) groups is 1. The van der Waals surface area contributed by atoms with Crippen molar-refractivity contribution in [2.75, 3.05) is 13.7 Å². The fourth-order valence-corrected chi connectivity index (χ4v) is 4.02. The maximum atomic E-state index is 15.0. The Hall–Kier alpha value is -4.34. The molecule has 0 bridgehead atoms. The molecule has 2 aliphatic heterocycles. The van der Waals surface area contributed by atoms with Crippen molar-refractivity contribution in [3.63, 3.8) is 0 Å². The molecule has 0 N–H and O–H groups in total. The van der Waals surface area contributed by atoms with Gasteiger partial charge in [-0.05, 0) is 24.1 Å². The number of carbonyl (C=O) groups excluding carboxylic acids is 1. The second-order valence-corrected chi connectivity index (χ2v) is 7.95. The number of hydrogen-bond acceptors (Lipinski definition) is 8. The Labute approximate surface area is 201 Å². The Morgan fingerprint density at radius 3 is 2.71 bits per heavy atom. The number of ether oxygens (including phenoxy) is 2. The summed E-state index contributed by atoms with van der Waals surface area (Å²) < 4.78 is 26.9. The molecule has 0 amide bonds. The zero-order chi connectivity index (χ0) is 24.4. The number of aliphatic imine (C=N–C) groups is 2. The van der Waals surface area contributed by atoms with Crippen molar-refractivity contribution in [3.05, 3.63) is 77.9 Å². The van der Waals surface area contributed by atoms with Gasteiger partial charge in [-0.1, -0.05) is 42.5 Å². The van der Waals surface area contributed by atoms with Crippen LogP contribution in [0, 0.1) is 5.82 Å². The molecule has 2 aliphatic rings. The predicted octanol–water partition coefficient (Wildman–Crippen LogP) is 3.37. The summed E-state index contributed by atoms with van der Waals surface area (Å²) in [5, 5.41) is 10.3. The number of hydrogen-bond donors (Lipinski definition) is 0. The van der Waals surface area contributed by atoms with Gasteiger partial charge in [-0.25, -0.2) is 18.9 Å². The zero-order valence-electron chi connectivity index (χ0n) is 19.2. The molecule has 9 nitrogen and oxygen atoms in total. The van der Waals surface area contributed by atoms with Crippen molar-refractivity contribution in [1.29, 1.82) is 0 Å². The lowest BCUT2D eigenvalue weighted by Crippen LogP contribution is -2.45. The third-order valence-corrected chi connectivity index (χ3v) is 5.74. The third-order valence-electron chi connectivity index (χ3n) is 5.74. The molecule has 5 rings (SSSR count). The smallest absolute Gasteiger partial charge is 0.341 e. The largest absolute Gasteiger partial charge is 0.482 e. The number of hydrazone groups is 1. The molecule has 10 heteroatoms. The highest BCUT2D eigenvalue weighted by Crippen LogP contribution is 2.26. The van der Waals surface area contributed by atoms with Crippen molar-refractivity contribution in [1.82, 2.24) is 14.8 Å². The number of rotatable bonds is 5. The van der Waals surface area contributed by atoms with Crippen molar-refractivity contribution in [2.45, 2.75) is 25.6 Å². The summed E-state index contributed by atoms with van der Waals surface area (Å²) in [5.74, 6) is -0.167. The molecule has 35 heavy (non-hydrogen) atoms. The van der Waals surface area contributed by atoms with Gasteiger partial charge in [-0.3, -0.25) is 5.01 Å². The van der Waals surface area contributed by atoms with Crippen LogP contribution in [0.15, 0.2) is 76.0 Å². The number of benzene rings is 2. The van der Waals surface area contributed by atoms with E-state index in [0.29, 0.717) is 17.0 Å². The van der Waals surface area contributed by atoms with E-state index in [2.05, 4.69) is 20.2 Å². The van der Waals surface area contributed by atoms with E-state index in [1.807, 2.05) is 36.4 Å². The first-order valence-corrected chi connectivity index (χ1v) is 11.1. The normalized spacial score (nSPS) is 18.7. The van der Waals surface area contributed by atoms with Gasteiger partial charge in [0.2, 0.25) is 11.9 Å². The molecule has 0 aliphatic carbocycles. The van der Waals surface area contributed by atoms with Crippen LogP contribution >= 0.6 is 0 Å². The van der Waals surface area contributed by atoms with E-state index in [4.69, 9.17) is 9.47 Å². The van der Waals surface area contributed by atoms with E-state index in [-0.39, 0.29) is 24.9 Å². The average molecular weight is 474 g/mol. The van der Waals surface area contributed by atoms with Gasteiger partial charge in [0.25, 0.3) is 0 Å². The van der Waals surface area contributed by atoms with Gasteiger partial charge < -0.3 is 9.47 Å². The van der Waals surface area contributed by atoms with Gasteiger partial charge in [0.15, 0.2) is 6.04 Å². The summed E-state index contributed by atoms with van der Waals surface area (Å²) in [4.78, 5) is 21.0. The highest BCUT2D eigenvalue weighted by atomic mass is 19.1. The molecule has 178 valence electrons. The molecular formula is C25H23FN6O3. The lowest BCUT2D eigenvalue weighted by Gasteiger charge is -2.29. The minimum absolute atomic E-state index is 0.223. The van der Waals surface area contributed by atoms with Crippen molar-refractivity contribution in [3.8, 4) is 11.1 Å². The molecule has 0 fully saturated rings. The number of nitrogens with zero attached hydrogens (tertiary/aromatic N) is 6. The highest BCUT2D eigenvalue weighted by molar-refractivity contribution is 6.03. The van der Waals surface area contributed by atoms with Gasteiger partial charge >= 0.3 is 5.97 Å². The Bertz CT molecular complexity index is 1330. The molecular weight excluding hydrogens is 451 g/mol. The molecule has 2 unspecified atom stereocenters. The second-order valence-electron chi connectivity index (χ2n) is 7.95. The number of fused-ring (bicyclic) bond motifs is 1. The number of esters is 1. The summed E-state index contributed by atoms with van der Waals surface area (Å²) >= 11 is 0. The van der Waals surface area contributed by atoms with Crippen molar-refractivity contribution >= 4 is 24.0 Å². The van der Waals surface area contributed by atoms with Crippen LogP contribution in [0.4, 0.5) is 4.39 Å². The summed E-state index contributed by atoms with van der Waals surface area (Å²) in [6.07, 6.45) is 4.57. The van der Waals surface area contributed by atoms with E-state index in [9.17, 15) is 9.18 Å². The van der Waals surface area contributed by atoms with Gasteiger partial charge in [0.05, 0.1) is 38.2 Å². The topological polar surface area (TPSA) is 93.7 Å². The maximum absolute atomic E-state index is 15.0. The summed E-state index contributed by atoms with van der Waals surface area (Å²) in [7, 11) is 1.51. The average Bonchev–Trinajstić information content (AvgIpc) is 3.53. The Morgan fingerprint density at radius 1 is 1.14 bits per heavy atom. The number of halogens is 1. The monoisotopic (exact) mass is 474 g/mol. The summed E-state index contributed by atoms with van der Waals surface area (Å²) in [5.41, 5.74) is 2.55. The van der Waals surface area contributed by atoms with Crippen LogP contribution in [-0.4, -0.2) is 64.6 Å². The highest BCUT2D eigenvalue weighted by Gasteiger charge is 2.40. The predicted molar refractivity (Wildman–Crippen MR) is 129 cm³/mol. The van der Waals surface area contributed by atoms with E-state index in [0.717, 1.165) is 11.1 Å². The van der Waals surface area contributed by atoms with Crippen LogP contribution in [0.2, 0.25) is 0 Å². The van der Waals surface area contributed by atoms with Gasteiger partial charge in [-0.15, -0.1) is 0 Å². The molecule has 2 aromatic carbocycles. The fourth-order valence-electron chi connectivity index (χ4n) is 4.02. The van der Waals surface area contributed by atoms with Gasteiger partial charge in [0.1, 0.15) is 11.9 Å². The fraction of sp³-hybridized carbons (Fsp3) is 0.240. The number of methoxy groups -OCH3 is 1. The quantitative estimate of drug-likeness (QED) is 0.529. The van der Waals surface area contributed by atoms with Gasteiger partial charge in [0, 0.05) is 11.8 Å². The Balaban J connectivity index is 1.35. The van der Waals surface area contributed by atoms with Crippen LogP contribution in [0.3, 0.4) is 0 Å². The molecule has 0 saturated heterocycles. The third kappa shape index (κ3) is 4.42. The lowest BCUT2D eigenvalue weighted by atomic mass is 10.0. The Kier molecular flexibility index (Phi) is 6.09. The first kappa shape index (κ1) is 22.5. The van der Waals surface area contributed by atoms with E-state index >= 15 is 0 Å². The van der Waals surface area contributed by atoms with E-state index < -0.39 is 18.1 Å². The minimum Gasteiger partial charge on any atom is -0.482 e. The molecule has 0 saturated carbocycles. The zero-order valence-corrected chi connectivity index (χ0v) is 19.2. The lowest BCUT2D eigenvalue weighted by molar-refractivity contribution is 0.0526. The molecule has 0 radical (unpaired) electrons. The van der Waals surface area contributed by atoms with Crippen LogP contribution in [0.5, 0.6) is 0 Å². The molecule has 3 heterocycles. The molecule has 1 aromatic heterocycles. The van der Waals surface area contributed by atoms with E-state index in [1.54, 1.807) is 24.2 Å². The molecule has 0 spiro atoms. The molecule has 2 atom stereocenters. The Morgan fingerprint density at radius 2 is 1.97 bits per heavy atom. The first-order chi connectivity index (χ1) is 17.1. The summed E-state index contributed by atoms with van der Waals surface area (Å²) in [6.45, 7) is 2.22. The first-order valence-electron chi connectivity index (χ1n) is 11.1. The van der Waals surface area contributed by atoms with Crippen LogP contribution < -0.4 is 0 Å². The standard InChI is InChI=1S/C25H23FN6O3/c1-3-35-24(33)19-12-27-32(15-19)25-29-21-13-28-31(22(21)23(30-25)34-2)14-18-10-9-17(11-20(18)26)16-7-5-4-6-8-16/h4-13,15,21-22H,3,14H2,1-2H3. The van der Waals surface area contributed by atoms with Crippen molar-refractivity contribution in [2.24, 2.45) is 15.1 Å². The SMILES string of the molecule is CCOC(=O)c1cnn(C2=NC3C=NN(Cc4ccc(-c5ccccc5)cc4F)C3C(OC)=N2)c1. The minimum atomic E-state index is -0.474.